The van der Waals surface area contributed by atoms with Gasteiger partial charge in [0.05, 0.1) is 26.0 Å². The van der Waals surface area contributed by atoms with Crippen LogP contribution in [-0.2, 0) is 14.6 Å². The number of sulfone groups is 1. The summed E-state index contributed by atoms with van der Waals surface area (Å²) >= 11 is 2.13. The molecule has 1 aromatic carbocycles. The second-order valence-electron chi connectivity index (χ2n) is 4.44. The van der Waals surface area contributed by atoms with Gasteiger partial charge in [0.1, 0.15) is 10.6 Å². The summed E-state index contributed by atoms with van der Waals surface area (Å²) in [6.45, 7) is 0. The standard InChI is InChI=1S/C13H12N2O6S3/c1-21-12(16)10-6-11(13(22-2)23-10)24(19,20)7-3-4-8(14)9(5-7)15(17)18/h3-6H,14H2,1-2H3. The van der Waals surface area contributed by atoms with Gasteiger partial charge in [-0.15, -0.1) is 23.1 Å². The van der Waals surface area contributed by atoms with Crippen LogP contribution in [0.15, 0.2) is 38.3 Å². The highest BCUT2D eigenvalue weighted by atomic mass is 32.2. The monoisotopic (exact) mass is 388 g/mol. The van der Waals surface area contributed by atoms with Gasteiger partial charge in [0, 0.05) is 6.07 Å². The molecule has 1 heterocycles. The molecule has 0 amide bonds. The van der Waals surface area contributed by atoms with Gasteiger partial charge in [-0.3, -0.25) is 10.1 Å². The van der Waals surface area contributed by atoms with E-state index in [9.17, 15) is 23.3 Å². The molecule has 0 saturated heterocycles. The molecule has 2 rings (SSSR count). The SMILES string of the molecule is COC(=O)c1cc(S(=O)(=O)c2ccc(N)c([N+](=O)[O-])c2)c(SC)s1. The van der Waals surface area contributed by atoms with E-state index < -0.39 is 26.4 Å². The van der Waals surface area contributed by atoms with Crippen LogP contribution in [0.5, 0.6) is 0 Å². The van der Waals surface area contributed by atoms with Crippen molar-refractivity contribution in [2.75, 3.05) is 19.1 Å². The molecule has 0 atom stereocenters. The number of esters is 1. The van der Waals surface area contributed by atoms with E-state index in [1.807, 2.05) is 0 Å². The van der Waals surface area contributed by atoms with E-state index in [-0.39, 0.29) is 20.4 Å². The fourth-order valence-corrected chi connectivity index (χ4v) is 5.80. The van der Waals surface area contributed by atoms with E-state index in [1.54, 1.807) is 6.26 Å². The second-order valence-corrected chi connectivity index (χ2v) is 8.48. The summed E-state index contributed by atoms with van der Waals surface area (Å²) in [6, 6.07) is 4.47. The molecule has 8 nitrogen and oxygen atoms in total. The molecule has 24 heavy (non-hydrogen) atoms. The quantitative estimate of drug-likeness (QED) is 0.272. The van der Waals surface area contributed by atoms with Crippen molar-refractivity contribution >= 4 is 50.3 Å². The van der Waals surface area contributed by atoms with Gasteiger partial charge in [-0.05, 0) is 24.5 Å². The highest BCUT2D eigenvalue weighted by Crippen LogP contribution is 2.38. The molecular weight excluding hydrogens is 376 g/mol. The molecule has 0 unspecified atom stereocenters. The number of benzene rings is 1. The molecule has 11 heteroatoms. The number of thioether (sulfide) groups is 1. The van der Waals surface area contributed by atoms with Crippen LogP contribution in [-0.4, -0.2) is 32.7 Å². The Morgan fingerprint density at radius 3 is 2.58 bits per heavy atom. The number of hydrogen-bond donors (Lipinski definition) is 1. The molecule has 128 valence electrons. The average Bonchev–Trinajstić information content (AvgIpc) is 2.99. The number of carbonyl (C=O) groups is 1. The summed E-state index contributed by atoms with van der Waals surface area (Å²) in [7, 11) is -2.86. The fraction of sp³-hybridized carbons (Fsp3) is 0.154. The van der Waals surface area contributed by atoms with E-state index >= 15 is 0 Å². The Morgan fingerprint density at radius 2 is 2.04 bits per heavy atom. The first-order chi connectivity index (χ1) is 11.2. The Kier molecular flexibility index (Phi) is 5.16. The molecule has 0 spiro atoms. The molecular formula is C13H12N2O6S3. The predicted molar refractivity (Wildman–Crippen MR) is 90.4 cm³/mol. The number of nitrogens with zero attached hydrogens (tertiary/aromatic N) is 1. The summed E-state index contributed by atoms with van der Waals surface area (Å²) in [5.74, 6) is -0.653. The van der Waals surface area contributed by atoms with Crippen LogP contribution in [0.25, 0.3) is 0 Å². The fourth-order valence-electron chi connectivity index (χ4n) is 1.86. The number of nitrogen functional groups attached to an aromatic ring is 1. The molecule has 0 aliphatic carbocycles. The zero-order valence-corrected chi connectivity index (χ0v) is 15.0. The van der Waals surface area contributed by atoms with Gasteiger partial charge in [-0.25, -0.2) is 13.2 Å². The van der Waals surface area contributed by atoms with E-state index in [0.717, 1.165) is 35.2 Å². The summed E-state index contributed by atoms with van der Waals surface area (Å²) in [5.41, 5.74) is 4.86. The van der Waals surface area contributed by atoms with Crippen molar-refractivity contribution < 1.29 is 22.9 Å². The maximum Gasteiger partial charge on any atom is 0.348 e. The van der Waals surface area contributed by atoms with Gasteiger partial charge in [0.15, 0.2) is 0 Å². The largest absolute Gasteiger partial charge is 0.465 e. The van der Waals surface area contributed by atoms with E-state index in [0.29, 0.717) is 4.21 Å². The molecule has 2 N–H and O–H groups in total. The maximum absolute atomic E-state index is 12.8. The lowest BCUT2D eigenvalue weighted by Gasteiger charge is -2.05. The normalized spacial score (nSPS) is 11.2. The predicted octanol–water partition coefficient (Wildman–Crippen LogP) is 2.58. The van der Waals surface area contributed by atoms with Gasteiger partial charge in [-0.2, -0.15) is 0 Å². The summed E-state index contributed by atoms with van der Waals surface area (Å²) in [5, 5.41) is 11.0. The number of nitrogens with two attached hydrogens (primary N) is 1. The van der Waals surface area contributed by atoms with Gasteiger partial charge in [-0.1, -0.05) is 0 Å². The van der Waals surface area contributed by atoms with Crippen molar-refractivity contribution in [3.8, 4) is 0 Å². The van der Waals surface area contributed by atoms with Crippen LogP contribution < -0.4 is 5.73 Å². The molecule has 0 aliphatic rings. The van der Waals surface area contributed by atoms with Crippen LogP contribution >= 0.6 is 23.1 Å². The van der Waals surface area contributed by atoms with Crippen LogP contribution in [0.1, 0.15) is 9.67 Å². The average molecular weight is 388 g/mol. The lowest BCUT2D eigenvalue weighted by molar-refractivity contribution is -0.384. The molecule has 0 saturated carbocycles. The van der Waals surface area contributed by atoms with Crippen molar-refractivity contribution in [3.63, 3.8) is 0 Å². The zero-order chi connectivity index (χ0) is 18.1. The van der Waals surface area contributed by atoms with Crippen LogP contribution in [0.2, 0.25) is 0 Å². The highest BCUT2D eigenvalue weighted by molar-refractivity contribution is 8.01. The highest BCUT2D eigenvalue weighted by Gasteiger charge is 2.28. The number of nitro groups is 1. The van der Waals surface area contributed by atoms with Crippen LogP contribution in [0.3, 0.4) is 0 Å². The third-order valence-corrected chi connectivity index (χ3v) is 7.32. The Bertz CT molecular complexity index is 920. The summed E-state index contributed by atoms with van der Waals surface area (Å²) < 4.78 is 30.6. The van der Waals surface area contributed by atoms with Crippen LogP contribution in [0, 0.1) is 10.1 Å². The lowest BCUT2D eigenvalue weighted by atomic mass is 10.3. The van der Waals surface area contributed by atoms with E-state index in [1.165, 1.54) is 19.2 Å². The Morgan fingerprint density at radius 1 is 1.38 bits per heavy atom. The summed E-state index contributed by atoms with van der Waals surface area (Å²) in [4.78, 5) is 21.6. The van der Waals surface area contributed by atoms with E-state index in [2.05, 4.69) is 4.74 Å². The minimum Gasteiger partial charge on any atom is -0.465 e. The smallest absolute Gasteiger partial charge is 0.348 e. The molecule has 0 bridgehead atoms. The number of nitro benzene ring substituents is 1. The third kappa shape index (κ3) is 3.23. The topological polar surface area (TPSA) is 130 Å². The lowest BCUT2D eigenvalue weighted by Crippen LogP contribution is -2.04. The summed E-state index contributed by atoms with van der Waals surface area (Å²) in [6.07, 6.45) is 1.66. The van der Waals surface area contributed by atoms with Crippen molar-refractivity contribution in [2.24, 2.45) is 0 Å². The van der Waals surface area contributed by atoms with Crippen LogP contribution in [0.4, 0.5) is 11.4 Å². The van der Waals surface area contributed by atoms with Crippen molar-refractivity contribution in [1.29, 1.82) is 0 Å². The van der Waals surface area contributed by atoms with Crippen molar-refractivity contribution in [3.05, 3.63) is 39.3 Å². The minimum atomic E-state index is -4.05. The first-order valence-corrected chi connectivity index (χ1v) is 9.80. The number of methoxy groups -OCH3 is 1. The second kappa shape index (κ2) is 6.79. The molecule has 0 aliphatic heterocycles. The van der Waals surface area contributed by atoms with E-state index in [4.69, 9.17) is 5.73 Å². The maximum atomic E-state index is 12.8. The number of carbonyl (C=O) groups excluding carboxylic acids is 1. The van der Waals surface area contributed by atoms with Gasteiger partial charge >= 0.3 is 5.97 Å². The Hall–Kier alpha value is -2.11. The molecule has 0 radical (unpaired) electrons. The third-order valence-electron chi connectivity index (χ3n) is 3.04. The molecule has 0 fully saturated rings. The zero-order valence-electron chi connectivity index (χ0n) is 12.5. The number of hydrogen-bond acceptors (Lipinski definition) is 9. The number of ether oxygens (including phenoxy) is 1. The Labute approximate surface area is 145 Å². The van der Waals surface area contributed by atoms with Crippen molar-refractivity contribution in [2.45, 2.75) is 14.0 Å². The molecule has 2 aromatic rings. The first-order valence-electron chi connectivity index (χ1n) is 6.27. The Balaban J connectivity index is 2.63. The van der Waals surface area contributed by atoms with Gasteiger partial charge < -0.3 is 10.5 Å². The number of thiophene rings is 1. The first kappa shape index (κ1) is 18.2. The number of rotatable bonds is 5. The number of anilines is 1. The molecule has 1 aromatic heterocycles. The van der Waals surface area contributed by atoms with Crippen molar-refractivity contribution in [1.82, 2.24) is 0 Å². The minimum absolute atomic E-state index is 0.0977. The van der Waals surface area contributed by atoms with Gasteiger partial charge in [0.2, 0.25) is 9.84 Å². The van der Waals surface area contributed by atoms with Gasteiger partial charge in [0.25, 0.3) is 5.69 Å².